The minimum atomic E-state index is -1.05. The minimum absolute atomic E-state index is 0.247. The first-order valence-corrected chi connectivity index (χ1v) is 44.6. The zero-order valence-electron chi connectivity index (χ0n) is 74.8. The van der Waals surface area contributed by atoms with E-state index in [2.05, 4.69) is 132 Å². The quantitative estimate of drug-likeness (QED) is 0.0187. The molecule has 0 unspecified atom stereocenters. The number of ether oxygens (including phenoxy) is 8. The fraction of sp³-hybridized carbons (Fsp3) is 0.274. The van der Waals surface area contributed by atoms with Crippen molar-refractivity contribution in [2.45, 2.75) is 158 Å². The number of aliphatic carboxylic acids is 3. The number of hydrogen-bond acceptors (Lipinski definition) is 21. The van der Waals surface area contributed by atoms with Crippen LogP contribution in [0.5, 0.6) is 46.0 Å². The fourth-order valence-electron chi connectivity index (χ4n) is 15.5. The first-order chi connectivity index (χ1) is 63.4. The van der Waals surface area contributed by atoms with E-state index in [0.717, 1.165) is 118 Å². The second-order valence-corrected chi connectivity index (χ2v) is 34.1. The van der Waals surface area contributed by atoms with Crippen LogP contribution in [-0.4, -0.2) is 109 Å². The second kappa shape index (κ2) is 47.1. The minimum Gasteiger partial charge on any atom is -0.489 e. The molecule has 3 atom stereocenters. The van der Waals surface area contributed by atoms with E-state index >= 15 is 0 Å². The van der Waals surface area contributed by atoms with Crippen LogP contribution in [0.25, 0.3) is 21.3 Å². The molecule has 0 saturated carbocycles. The Labute approximate surface area is 767 Å². The number of nitrogens with zero attached hydrogens (tertiary/aromatic N) is 4. The van der Waals surface area contributed by atoms with Gasteiger partial charge >= 0.3 is 22.8 Å². The molecule has 0 fully saturated rings. The van der Waals surface area contributed by atoms with Gasteiger partial charge in [-0.1, -0.05) is 251 Å². The molecule has 25 heteroatoms. The number of aromatic nitrogens is 2. The smallest absolute Gasteiger partial charge is 0.396 e. The number of nitrogens with one attached hydrogen (secondary N) is 1. The van der Waals surface area contributed by atoms with Crippen molar-refractivity contribution in [3.8, 4) is 46.0 Å². The fourth-order valence-corrected chi connectivity index (χ4v) is 16.1. The lowest BCUT2D eigenvalue weighted by Gasteiger charge is -2.28. The van der Waals surface area contributed by atoms with Crippen LogP contribution in [0, 0.1) is 41.5 Å². The number of imidazole rings is 1. The maximum Gasteiger partial charge on any atom is 0.396 e. The summed E-state index contributed by atoms with van der Waals surface area (Å²) in [6, 6.07) is 81.6. The van der Waals surface area contributed by atoms with E-state index < -0.39 is 36.0 Å². The van der Waals surface area contributed by atoms with E-state index in [1.54, 1.807) is 6.33 Å². The van der Waals surface area contributed by atoms with Crippen LogP contribution in [0.3, 0.4) is 0 Å². The molecule has 131 heavy (non-hydrogen) atoms. The van der Waals surface area contributed by atoms with Gasteiger partial charge in [-0.05, 0) is 137 Å². The van der Waals surface area contributed by atoms with Crippen molar-refractivity contribution in [2.75, 3.05) is 32.8 Å². The highest BCUT2D eigenvalue weighted by atomic mass is 32.1. The Morgan fingerprint density at radius 1 is 0.397 bits per heavy atom. The lowest BCUT2D eigenvalue weighted by molar-refractivity contribution is -0.139. The van der Waals surface area contributed by atoms with Gasteiger partial charge in [0.25, 0.3) is 0 Å². The molecule has 0 spiro atoms. The molecule has 10 N–H and O–H groups in total. The first kappa shape index (κ1) is 95.0. The number of aromatic amines is 1. The monoisotopic (exact) mass is 1790 g/mol. The summed E-state index contributed by atoms with van der Waals surface area (Å²) in [4.78, 5) is 60.6. The van der Waals surface area contributed by atoms with E-state index in [9.17, 15) is 34.5 Å². The summed E-state index contributed by atoms with van der Waals surface area (Å²) in [6.45, 7) is 19.8. The Kier molecular flexibility index (Phi) is 34.1. The number of para-hydroxylation sites is 3. The third-order valence-corrected chi connectivity index (χ3v) is 23.0. The summed E-state index contributed by atoms with van der Waals surface area (Å²) in [5.41, 5.74) is 38.9. The van der Waals surface area contributed by atoms with Crippen molar-refractivity contribution in [3.05, 3.63) is 371 Å². The maximum atomic E-state index is 12.1. The van der Waals surface area contributed by atoms with Crippen LogP contribution < -0.4 is 60.0 Å². The van der Waals surface area contributed by atoms with Gasteiger partial charge < -0.3 is 79.8 Å². The SMILES string of the molecule is Cc1cccc(COc2ccccc2CN(CC[C@H](N)C(=O)O)Cc2c(OCc3cccc(C)c3)ccc3c2OCCO3)c1.Cc1cccc(COc2ccccc2CN(CC[C@H](N)C(=O)O)Cc2cc3oc(=O)sc3cc2OCc2cccc(C)c2)c1.Cc1cccc(COc2ccccc2CN(CC[C@H](N)C(=O)O)Cc2ccc3[nH]cnc3c2OCc2cccc(C)c2)c1. The second-order valence-electron chi connectivity index (χ2n) is 33.1. The lowest BCUT2D eigenvalue weighted by Crippen LogP contribution is -2.35. The summed E-state index contributed by atoms with van der Waals surface area (Å²) in [5.74, 6) is 2.56. The highest BCUT2D eigenvalue weighted by Gasteiger charge is 2.27. The summed E-state index contributed by atoms with van der Waals surface area (Å²) < 4.78 is 56.1. The Bertz CT molecular complexity index is 6230. The molecule has 680 valence electrons. The van der Waals surface area contributed by atoms with Crippen molar-refractivity contribution in [2.24, 2.45) is 17.2 Å². The Morgan fingerprint density at radius 2 is 0.763 bits per heavy atom. The third kappa shape index (κ3) is 28.4. The van der Waals surface area contributed by atoms with E-state index in [4.69, 9.17) is 59.5 Å². The molecule has 3 heterocycles. The molecule has 14 aromatic rings. The largest absolute Gasteiger partial charge is 0.489 e. The molecule has 0 aliphatic carbocycles. The van der Waals surface area contributed by atoms with Gasteiger partial charge in [0, 0.05) is 92.8 Å². The van der Waals surface area contributed by atoms with Crippen LogP contribution in [0.1, 0.15) is 119 Å². The van der Waals surface area contributed by atoms with Gasteiger partial charge in [-0.2, -0.15) is 0 Å². The van der Waals surface area contributed by atoms with Crippen molar-refractivity contribution in [1.82, 2.24) is 24.7 Å². The van der Waals surface area contributed by atoms with Crippen molar-refractivity contribution in [1.29, 1.82) is 0 Å². The summed E-state index contributed by atoms with van der Waals surface area (Å²) >= 11 is 1.03. The lowest BCUT2D eigenvalue weighted by atomic mass is 10.1. The van der Waals surface area contributed by atoms with Gasteiger partial charge in [0.05, 0.1) is 22.1 Å². The van der Waals surface area contributed by atoms with Gasteiger partial charge in [0.1, 0.15) is 111 Å². The molecule has 1 aliphatic rings. The summed E-state index contributed by atoms with van der Waals surface area (Å²) in [6.07, 6.45) is 2.48. The first-order valence-electron chi connectivity index (χ1n) is 43.8. The topological polar surface area (TPSA) is 332 Å². The predicted molar refractivity (Wildman–Crippen MR) is 509 cm³/mol. The summed E-state index contributed by atoms with van der Waals surface area (Å²) in [5, 5.41) is 28.4. The number of hydrogen-bond donors (Lipinski definition) is 7. The van der Waals surface area contributed by atoms with Crippen molar-refractivity contribution < 1.29 is 72.0 Å². The normalized spacial score (nSPS) is 12.3. The van der Waals surface area contributed by atoms with Crippen LogP contribution in [-0.2, 0) is 93.3 Å². The molecule has 24 nitrogen and oxygen atoms in total. The molecule has 0 bridgehead atoms. The number of benzene rings is 12. The number of carboxylic acid groups (broad SMARTS) is 3. The standard InChI is InChI=1S/C36H40N2O6.C35H38N4O4.C35H36N2O6S/c1-25-7-5-9-27(19-25)23-43-32-12-4-3-11-29(32)21-38(16-15-31(37)36(39)40)22-30-33(13-14-34-35(30)42-18-17-41-34)44-24-28-10-6-8-26(2)20-28;1-24-7-5-9-26(17-24)21-42-32-12-4-3-11-28(32)19-39(16-15-30(36)35(40)41)20-29-13-14-31-33(38-23-37-31)34(29)43-22-27-10-6-8-25(2)18-27;1-23-7-5-9-25(15-23)21-41-30-12-4-3-11-27(30)19-37(14-13-29(36)34(38)39)20-28-17-32-33(44-35(40)43-32)18-31(28)42-22-26-10-6-8-24(2)16-26/h3-14,19-20,31H,15-18,21-24,37H2,1-2H3,(H,39,40);3-14,17-18,23,30H,15-16,19-22,36H2,1-2H3,(H,37,38)(H,40,41);3-12,15-18,29H,13-14,19-22,36H2,1-2H3,(H,38,39)/t31-;30-;29-/m000/s1. The average Bonchev–Trinajstić information content (AvgIpc) is 1.77. The van der Waals surface area contributed by atoms with Gasteiger partial charge in [-0.3, -0.25) is 29.1 Å². The molecule has 2 aromatic heterocycles. The van der Waals surface area contributed by atoms with Crippen molar-refractivity contribution >= 4 is 50.6 Å². The van der Waals surface area contributed by atoms with Gasteiger partial charge in [-0.25, -0.2) is 9.78 Å². The Morgan fingerprint density at radius 3 is 1.18 bits per heavy atom. The molecule has 0 amide bonds. The number of nitrogens with two attached hydrogens (primary N) is 3. The van der Waals surface area contributed by atoms with Gasteiger partial charge in [0.2, 0.25) is 0 Å². The number of fused-ring (bicyclic) bond motifs is 3. The van der Waals surface area contributed by atoms with E-state index in [1.807, 2.05) is 189 Å². The maximum absolute atomic E-state index is 12.1. The number of rotatable bonds is 42. The van der Waals surface area contributed by atoms with Crippen LogP contribution >= 0.6 is 11.3 Å². The van der Waals surface area contributed by atoms with E-state index in [1.165, 1.54) is 22.3 Å². The van der Waals surface area contributed by atoms with Crippen molar-refractivity contribution in [3.63, 3.8) is 0 Å². The molecule has 0 saturated heterocycles. The number of H-pyrrole nitrogens is 1. The number of aryl methyl sites for hydroxylation is 6. The highest BCUT2D eigenvalue weighted by molar-refractivity contribution is 7.16. The molecular formula is C106H114N8O16S. The Hall–Kier alpha value is -13.6. The molecule has 15 rings (SSSR count). The molecule has 0 radical (unpaired) electrons. The summed E-state index contributed by atoms with van der Waals surface area (Å²) in [7, 11) is 0. The molecular weight excluding hydrogens is 1670 g/mol. The van der Waals surface area contributed by atoms with Gasteiger partial charge in [0.15, 0.2) is 17.2 Å². The van der Waals surface area contributed by atoms with E-state index in [0.29, 0.717) is 157 Å². The number of carboxylic acids is 3. The van der Waals surface area contributed by atoms with E-state index in [-0.39, 0.29) is 17.8 Å². The zero-order chi connectivity index (χ0) is 92.1. The molecule has 12 aromatic carbocycles. The zero-order valence-corrected chi connectivity index (χ0v) is 75.6. The number of carbonyl (C=O) groups is 3. The highest BCUT2D eigenvalue weighted by Crippen LogP contribution is 2.42. The Balaban J connectivity index is 0.000000167. The third-order valence-electron chi connectivity index (χ3n) is 22.2. The van der Waals surface area contributed by atoms with Crippen LogP contribution in [0.4, 0.5) is 0 Å². The van der Waals surface area contributed by atoms with Crippen LogP contribution in [0.2, 0.25) is 0 Å². The van der Waals surface area contributed by atoms with Crippen LogP contribution in [0.15, 0.2) is 270 Å². The average molecular weight is 1790 g/mol. The van der Waals surface area contributed by atoms with Gasteiger partial charge in [-0.15, -0.1) is 0 Å². The molecule has 1 aliphatic heterocycles. The predicted octanol–water partition coefficient (Wildman–Crippen LogP) is 18.6.